The molecule has 6 heteroatoms. The summed E-state index contributed by atoms with van der Waals surface area (Å²) in [7, 11) is 0. The zero-order valence-corrected chi connectivity index (χ0v) is 13.2. The number of aromatic amines is 1. The van der Waals surface area contributed by atoms with Crippen LogP contribution in [-0.4, -0.2) is 26.9 Å². The lowest BCUT2D eigenvalue weighted by Crippen LogP contribution is -2.10. The first-order valence-corrected chi connectivity index (χ1v) is 7.54. The standard InChI is InChI=1S/C19H16N4O2/c20-18(21)14-8-6-13(7-9-14)16-11-22-19(23-16)15-4-1-12(2-5-15)3-10-17(24)25/h1-11H,(H3,20,21)(H,22,23)(H,24,25)/b10-3+. The molecule has 25 heavy (non-hydrogen) atoms. The van der Waals surface area contributed by atoms with Crippen molar-refractivity contribution in [2.75, 3.05) is 0 Å². The van der Waals surface area contributed by atoms with Crippen LogP contribution in [-0.2, 0) is 4.79 Å². The lowest BCUT2D eigenvalue weighted by atomic mass is 10.1. The Morgan fingerprint density at radius 3 is 2.32 bits per heavy atom. The van der Waals surface area contributed by atoms with Gasteiger partial charge in [0, 0.05) is 29.0 Å². The van der Waals surface area contributed by atoms with Gasteiger partial charge in [0.1, 0.15) is 11.7 Å². The molecule has 0 atom stereocenters. The Balaban J connectivity index is 1.81. The number of amidine groups is 1. The lowest BCUT2D eigenvalue weighted by molar-refractivity contribution is -0.131. The Kier molecular flexibility index (Phi) is 4.43. The van der Waals surface area contributed by atoms with Gasteiger partial charge in [0.25, 0.3) is 0 Å². The molecule has 0 aliphatic carbocycles. The van der Waals surface area contributed by atoms with Crippen LogP contribution in [0.2, 0.25) is 0 Å². The quantitative estimate of drug-likeness (QED) is 0.326. The number of carboxylic acid groups (broad SMARTS) is 1. The molecule has 3 rings (SSSR count). The number of H-pyrrole nitrogens is 1. The zero-order chi connectivity index (χ0) is 17.8. The molecule has 0 aliphatic rings. The summed E-state index contributed by atoms with van der Waals surface area (Å²) < 4.78 is 0. The van der Waals surface area contributed by atoms with Crippen LogP contribution in [0.1, 0.15) is 11.1 Å². The Morgan fingerprint density at radius 1 is 1.08 bits per heavy atom. The normalized spacial score (nSPS) is 10.9. The van der Waals surface area contributed by atoms with Gasteiger partial charge < -0.3 is 15.8 Å². The van der Waals surface area contributed by atoms with Crippen molar-refractivity contribution in [1.29, 1.82) is 5.41 Å². The second-order valence-corrected chi connectivity index (χ2v) is 5.42. The third kappa shape index (κ3) is 3.81. The maximum Gasteiger partial charge on any atom is 0.328 e. The third-order valence-electron chi connectivity index (χ3n) is 3.67. The minimum atomic E-state index is -0.976. The molecule has 0 bridgehead atoms. The van der Waals surface area contributed by atoms with E-state index in [9.17, 15) is 4.79 Å². The van der Waals surface area contributed by atoms with Gasteiger partial charge in [-0.05, 0) is 11.6 Å². The number of benzene rings is 2. The molecule has 0 aliphatic heterocycles. The molecule has 0 fully saturated rings. The Hall–Kier alpha value is -3.67. The molecule has 0 spiro atoms. The summed E-state index contributed by atoms with van der Waals surface area (Å²) in [5.41, 5.74) is 9.55. The van der Waals surface area contributed by atoms with E-state index in [1.165, 1.54) is 6.08 Å². The predicted octanol–water partition coefficient (Wildman–Crippen LogP) is 3.13. The molecule has 1 heterocycles. The average molecular weight is 332 g/mol. The van der Waals surface area contributed by atoms with Crippen molar-refractivity contribution in [1.82, 2.24) is 9.97 Å². The molecular weight excluding hydrogens is 316 g/mol. The summed E-state index contributed by atoms with van der Waals surface area (Å²) in [5.74, 6) is -0.221. The van der Waals surface area contributed by atoms with Crippen molar-refractivity contribution in [2.45, 2.75) is 0 Å². The van der Waals surface area contributed by atoms with Gasteiger partial charge in [-0.15, -0.1) is 0 Å². The highest BCUT2D eigenvalue weighted by atomic mass is 16.4. The van der Waals surface area contributed by atoms with Crippen LogP contribution in [0.15, 0.2) is 60.8 Å². The Labute approximate surface area is 144 Å². The monoisotopic (exact) mass is 332 g/mol. The minimum Gasteiger partial charge on any atom is -0.478 e. The number of aliphatic carboxylic acids is 1. The molecule has 5 N–H and O–H groups in total. The number of hydrogen-bond donors (Lipinski definition) is 4. The molecular formula is C19H16N4O2. The molecule has 0 saturated carbocycles. The highest BCUT2D eigenvalue weighted by Gasteiger charge is 2.06. The van der Waals surface area contributed by atoms with E-state index in [2.05, 4.69) is 9.97 Å². The predicted molar refractivity (Wildman–Crippen MR) is 97.1 cm³/mol. The maximum absolute atomic E-state index is 10.5. The molecule has 6 nitrogen and oxygen atoms in total. The summed E-state index contributed by atoms with van der Waals surface area (Å²) in [6.45, 7) is 0. The second-order valence-electron chi connectivity index (χ2n) is 5.42. The van der Waals surface area contributed by atoms with Gasteiger partial charge in [-0.25, -0.2) is 9.78 Å². The number of imidazole rings is 1. The van der Waals surface area contributed by atoms with E-state index >= 15 is 0 Å². The van der Waals surface area contributed by atoms with Crippen LogP contribution in [0.5, 0.6) is 0 Å². The van der Waals surface area contributed by atoms with E-state index in [0.717, 1.165) is 34.3 Å². The molecule has 124 valence electrons. The van der Waals surface area contributed by atoms with E-state index in [1.807, 2.05) is 42.6 Å². The number of nitrogens with one attached hydrogen (secondary N) is 2. The third-order valence-corrected chi connectivity index (χ3v) is 3.67. The number of carboxylic acids is 1. The summed E-state index contributed by atoms with van der Waals surface area (Å²) in [4.78, 5) is 18.3. The van der Waals surface area contributed by atoms with Crippen LogP contribution >= 0.6 is 0 Å². The maximum atomic E-state index is 10.5. The fraction of sp³-hybridized carbons (Fsp3) is 0. The Morgan fingerprint density at radius 2 is 1.72 bits per heavy atom. The number of nitrogens with two attached hydrogens (primary N) is 1. The van der Waals surface area contributed by atoms with Gasteiger partial charge in [0.15, 0.2) is 0 Å². The van der Waals surface area contributed by atoms with Gasteiger partial charge in [0.05, 0.1) is 5.69 Å². The number of nitrogens with zero attached hydrogens (tertiary/aromatic N) is 1. The van der Waals surface area contributed by atoms with E-state index < -0.39 is 5.97 Å². The van der Waals surface area contributed by atoms with Crippen molar-refractivity contribution >= 4 is 17.9 Å². The van der Waals surface area contributed by atoms with E-state index in [4.69, 9.17) is 16.2 Å². The topological polar surface area (TPSA) is 116 Å². The minimum absolute atomic E-state index is 0.0336. The van der Waals surface area contributed by atoms with Crippen LogP contribution in [0.3, 0.4) is 0 Å². The van der Waals surface area contributed by atoms with E-state index in [-0.39, 0.29) is 5.84 Å². The summed E-state index contributed by atoms with van der Waals surface area (Å²) in [6.07, 6.45) is 4.46. The molecule has 2 aromatic carbocycles. The number of aromatic nitrogens is 2. The van der Waals surface area contributed by atoms with Crippen LogP contribution < -0.4 is 5.73 Å². The Bertz CT molecular complexity index is 938. The molecule has 0 unspecified atom stereocenters. The van der Waals surface area contributed by atoms with Crippen molar-refractivity contribution in [3.63, 3.8) is 0 Å². The summed E-state index contributed by atoms with van der Waals surface area (Å²) >= 11 is 0. The summed E-state index contributed by atoms with van der Waals surface area (Å²) in [5, 5.41) is 16.1. The van der Waals surface area contributed by atoms with Gasteiger partial charge >= 0.3 is 5.97 Å². The average Bonchev–Trinajstić information content (AvgIpc) is 3.10. The van der Waals surface area contributed by atoms with Crippen molar-refractivity contribution in [2.24, 2.45) is 5.73 Å². The highest BCUT2D eigenvalue weighted by molar-refractivity contribution is 5.95. The number of carbonyl (C=O) groups is 1. The fourth-order valence-electron chi connectivity index (χ4n) is 2.36. The molecule has 0 saturated heterocycles. The van der Waals surface area contributed by atoms with E-state index in [1.54, 1.807) is 12.1 Å². The molecule has 1 aromatic heterocycles. The molecule has 0 amide bonds. The zero-order valence-electron chi connectivity index (χ0n) is 13.2. The van der Waals surface area contributed by atoms with Gasteiger partial charge in [-0.2, -0.15) is 0 Å². The van der Waals surface area contributed by atoms with Gasteiger partial charge in [0.2, 0.25) is 0 Å². The smallest absolute Gasteiger partial charge is 0.328 e. The number of hydrogen-bond acceptors (Lipinski definition) is 3. The lowest BCUT2D eigenvalue weighted by Gasteiger charge is -2.00. The second kappa shape index (κ2) is 6.84. The van der Waals surface area contributed by atoms with Crippen LogP contribution in [0, 0.1) is 5.41 Å². The fourth-order valence-corrected chi connectivity index (χ4v) is 2.36. The first-order valence-electron chi connectivity index (χ1n) is 7.54. The first-order chi connectivity index (χ1) is 12.0. The number of nitrogen functional groups attached to an aromatic ring is 1. The van der Waals surface area contributed by atoms with Crippen molar-refractivity contribution < 1.29 is 9.90 Å². The van der Waals surface area contributed by atoms with Crippen molar-refractivity contribution in [3.05, 3.63) is 71.9 Å². The molecule has 0 radical (unpaired) electrons. The van der Waals surface area contributed by atoms with Crippen LogP contribution in [0.25, 0.3) is 28.7 Å². The largest absolute Gasteiger partial charge is 0.478 e. The van der Waals surface area contributed by atoms with E-state index in [0.29, 0.717) is 5.56 Å². The van der Waals surface area contributed by atoms with Gasteiger partial charge in [-0.1, -0.05) is 48.5 Å². The highest BCUT2D eigenvalue weighted by Crippen LogP contribution is 2.23. The molecule has 3 aromatic rings. The van der Waals surface area contributed by atoms with Gasteiger partial charge in [-0.3, -0.25) is 5.41 Å². The first kappa shape index (κ1) is 16.2. The summed E-state index contributed by atoms with van der Waals surface area (Å²) in [6, 6.07) is 14.7. The number of rotatable bonds is 5. The van der Waals surface area contributed by atoms with Crippen LogP contribution in [0.4, 0.5) is 0 Å². The van der Waals surface area contributed by atoms with Crippen molar-refractivity contribution in [3.8, 4) is 22.6 Å². The SMILES string of the molecule is N=C(N)c1ccc(-c2c[nH]c(-c3ccc(/C=C/C(=O)O)cc3)n2)cc1.